The van der Waals surface area contributed by atoms with Gasteiger partial charge in [-0.05, 0) is 47.7 Å². The molecule has 0 unspecified atom stereocenters. The summed E-state index contributed by atoms with van der Waals surface area (Å²) in [6.45, 7) is -3.71. The number of ether oxygens (including phenoxy) is 2. The largest absolute Gasteiger partial charge is 0.496 e. The highest BCUT2D eigenvalue weighted by Gasteiger charge is 2.38. The molecule has 1 N–H and O–H groups in total. The van der Waals surface area contributed by atoms with Gasteiger partial charge in [0.1, 0.15) is 17.1 Å². The molecule has 0 aliphatic heterocycles. The van der Waals surface area contributed by atoms with Gasteiger partial charge in [0.25, 0.3) is 0 Å². The van der Waals surface area contributed by atoms with Crippen LogP contribution in [0, 0.1) is 0 Å². The normalized spacial score (nSPS) is 11.8. The maximum Gasteiger partial charge on any atom is 0.485 e. The summed E-state index contributed by atoms with van der Waals surface area (Å²) in [5, 5.41) is 13.9. The number of hydrogen-bond acceptors (Lipinski definition) is 7. The maximum absolute atomic E-state index is 13.8. The molecule has 32 heavy (non-hydrogen) atoms. The number of nitrogens with zero attached hydrogens (tertiary/aromatic N) is 4. The van der Waals surface area contributed by atoms with E-state index in [0.29, 0.717) is 11.0 Å². The Balaban J connectivity index is 1.69. The van der Waals surface area contributed by atoms with Crippen LogP contribution in [0.3, 0.4) is 0 Å². The third kappa shape index (κ3) is 4.40. The second kappa shape index (κ2) is 8.32. The summed E-state index contributed by atoms with van der Waals surface area (Å²) >= 11 is 0. The first-order valence-electron chi connectivity index (χ1n) is 8.98. The number of alkyl halides is 5. The lowest BCUT2D eigenvalue weighted by Gasteiger charge is -2.28. The molecule has 0 fully saturated rings. The number of rotatable bonds is 7. The fraction of sp³-hybridized carbons (Fsp3) is 0.211. The Bertz CT molecular complexity index is 1190. The smallest absolute Gasteiger partial charge is 0.485 e. The topological polar surface area (TPSA) is 89.3 Å². The molecule has 4 aromatic rings. The average Bonchev–Trinajstić information content (AvgIpc) is 3.40. The van der Waals surface area contributed by atoms with E-state index >= 15 is 0 Å². The van der Waals surface area contributed by atoms with Crippen LogP contribution in [0.2, 0.25) is 0 Å². The zero-order valence-corrected chi connectivity index (χ0v) is 16.2. The number of furan rings is 1. The van der Waals surface area contributed by atoms with E-state index in [1.807, 2.05) is 0 Å². The predicted molar refractivity (Wildman–Crippen MR) is 101 cm³/mol. The fourth-order valence-electron chi connectivity index (χ4n) is 3.10. The number of halogens is 5. The molecule has 0 atom stereocenters. The first kappa shape index (κ1) is 21.3. The van der Waals surface area contributed by atoms with Gasteiger partial charge in [0.15, 0.2) is 5.76 Å². The van der Waals surface area contributed by atoms with Crippen LogP contribution in [0.5, 0.6) is 11.5 Å². The van der Waals surface area contributed by atoms with Crippen molar-refractivity contribution in [1.29, 1.82) is 0 Å². The van der Waals surface area contributed by atoms with Gasteiger partial charge in [-0.1, -0.05) is 0 Å². The van der Waals surface area contributed by atoms with Crippen LogP contribution in [-0.4, -0.2) is 40.6 Å². The number of aromatic nitrogens is 4. The van der Waals surface area contributed by atoms with E-state index in [9.17, 15) is 22.0 Å². The van der Waals surface area contributed by atoms with Gasteiger partial charge in [0, 0.05) is 16.6 Å². The molecule has 0 saturated heterocycles. The molecule has 2 aromatic carbocycles. The zero-order valence-electron chi connectivity index (χ0n) is 16.2. The van der Waals surface area contributed by atoms with Crippen LogP contribution >= 0.6 is 0 Å². The first-order chi connectivity index (χ1) is 15.2. The molecular weight excluding hydrogens is 441 g/mol. The van der Waals surface area contributed by atoms with Gasteiger partial charge in [-0.15, -0.1) is 10.2 Å². The molecule has 168 valence electrons. The van der Waals surface area contributed by atoms with E-state index in [1.54, 1.807) is 6.07 Å². The third-order valence-electron chi connectivity index (χ3n) is 4.49. The molecule has 4 rings (SSSR count). The second-order valence-electron chi connectivity index (χ2n) is 6.47. The number of anilines is 1. The number of fused-ring (bicyclic) bond motifs is 1. The summed E-state index contributed by atoms with van der Waals surface area (Å²) in [5.41, 5.74) is 0.204. The van der Waals surface area contributed by atoms with Crippen molar-refractivity contribution in [2.75, 3.05) is 12.0 Å². The van der Waals surface area contributed by atoms with E-state index in [4.69, 9.17) is 9.15 Å². The molecule has 2 aromatic heterocycles. The van der Waals surface area contributed by atoms with Gasteiger partial charge in [0.05, 0.1) is 13.7 Å². The lowest BCUT2D eigenvalue weighted by atomic mass is 10.1. The second-order valence-corrected chi connectivity index (χ2v) is 6.47. The Kier molecular flexibility index (Phi) is 5.55. The number of nitrogens with one attached hydrogen (secondary N) is 1. The summed E-state index contributed by atoms with van der Waals surface area (Å²) < 4.78 is 81.2. The number of aromatic amines is 1. The highest BCUT2D eigenvalue weighted by Crippen LogP contribution is 2.36. The number of hydrogen-bond donors (Lipinski definition) is 1. The quantitative estimate of drug-likeness (QED) is 0.318. The highest BCUT2D eigenvalue weighted by atomic mass is 19.4. The molecule has 13 heteroatoms. The van der Waals surface area contributed by atoms with Gasteiger partial charge in [0.2, 0.25) is 5.82 Å². The Morgan fingerprint density at radius 1 is 1.12 bits per heavy atom. The SMILES string of the molecule is COc1cc2cc(-c3nn[nH]n3)oc2cc1CN(c1ccc(OC(F)F)cc1)C(F)(F)F. The number of benzene rings is 2. The molecule has 0 saturated carbocycles. The molecule has 2 heterocycles. The molecule has 0 radical (unpaired) electrons. The van der Waals surface area contributed by atoms with Gasteiger partial charge >= 0.3 is 12.9 Å². The van der Waals surface area contributed by atoms with Crippen molar-refractivity contribution >= 4 is 16.7 Å². The van der Waals surface area contributed by atoms with Gasteiger partial charge in [-0.25, -0.2) is 0 Å². The Hall–Kier alpha value is -3.90. The van der Waals surface area contributed by atoms with Crippen LogP contribution in [0.1, 0.15) is 5.56 Å². The van der Waals surface area contributed by atoms with Crippen LogP contribution in [0.25, 0.3) is 22.6 Å². The highest BCUT2D eigenvalue weighted by molar-refractivity contribution is 5.84. The molecule has 8 nitrogen and oxygen atoms in total. The number of methoxy groups -OCH3 is 1. The predicted octanol–water partition coefficient (Wildman–Crippen LogP) is 4.75. The van der Waals surface area contributed by atoms with Crippen molar-refractivity contribution in [1.82, 2.24) is 20.6 Å². The Morgan fingerprint density at radius 2 is 1.88 bits per heavy atom. The van der Waals surface area contributed by atoms with E-state index in [0.717, 1.165) is 24.3 Å². The Labute approximate surface area is 176 Å². The summed E-state index contributed by atoms with van der Waals surface area (Å²) in [5.74, 6) is 0.402. The van der Waals surface area contributed by atoms with Crippen LogP contribution in [0.4, 0.5) is 27.6 Å². The average molecular weight is 455 g/mol. The van der Waals surface area contributed by atoms with Crippen molar-refractivity contribution in [2.24, 2.45) is 0 Å². The summed E-state index contributed by atoms with van der Waals surface area (Å²) in [6, 6.07) is 8.70. The molecule has 0 amide bonds. The van der Waals surface area contributed by atoms with Crippen molar-refractivity contribution in [3.05, 3.63) is 48.0 Å². The number of tetrazole rings is 1. The molecule has 0 aliphatic carbocycles. The van der Waals surface area contributed by atoms with Crippen LogP contribution < -0.4 is 14.4 Å². The van der Waals surface area contributed by atoms with Crippen molar-refractivity contribution < 1.29 is 35.8 Å². The van der Waals surface area contributed by atoms with E-state index in [1.165, 1.54) is 19.2 Å². The van der Waals surface area contributed by atoms with Gasteiger partial charge < -0.3 is 13.9 Å². The zero-order chi connectivity index (χ0) is 22.9. The minimum Gasteiger partial charge on any atom is -0.496 e. The maximum atomic E-state index is 13.8. The monoisotopic (exact) mass is 455 g/mol. The standard InChI is InChI=1S/C19H14F5N5O3/c1-30-14-6-10-7-16(17-25-27-28-26-17)32-15(10)8-11(14)9-29(19(22,23)24)12-2-4-13(5-3-12)31-18(20)21/h2-8,18H,9H2,1H3,(H,25,26,27,28). The van der Waals surface area contributed by atoms with E-state index in [2.05, 4.69) is 25.4 Å². The summed E-state index contributed by atoms with van der Waals surface area (Å²) in [6.07, 6.45) is -4.77. The van der Waals surface area contributed by atoms with Crippen LogP contribution in [-0.2, 0) is 6.54 Å². The minimum absolute atomic E-state index is 0.145. The molecule has 0 spiro atoms. The van der Waals surface area contributed by atoms with Crippen molar-refractivity contribution in [3.8, 4) is 23.1 Å². The lowest BCUT2D eigenvalue weighted by Crippen LogP contribution is -2.37. The third-order valence-corrected chi connectivity index (χ3v) is 4.49. The summed E-state index contributed by atoms with van der Waals surface area (Å²) in [4.78, 5) is 0.145. The van der Waals surface area contributed by atoms with Crippen molar-refractivity contribution in [2.45, 2.75) is 19.5 Å². The number of H-pyrrole nitrogens is 1. The van der Waals surface area contributed by atoms with Gasteiger partial charge in [-0.2, -0.15) is 27.2 Å². The van der Waals surface area contributed by atoms with Gasteiger partial charge in [-0.3, -0.25) is 4.90 Å². The van der Waals surface area contributed by atoms with E-state index in [-0.39, 0.29) is 39.2 Å². The lowest BCUT2D eigenvalue weighted by molar-refractivity contribution is -0.130. The van der Waals surface area contributed by atoms with Crippen molar-refractivity contribution in [3.63, 3.8) is 0 Å². The first-order valence-corrected chi connectivity index (χ1v) is 8.98. The fourth-order valence-corrected chi connectivity index (χ4v) is 3.10. The minimum atomic E-state index is -4.77. The molecular formula is C19H14F5N5O3. The molecule has 0 aliphatic rings. The molecule has 0 bridgehead atoms. The summed E-state index contributed by atoms with van der Waals surface area (Å²) in [7, 11) is 1.33. The van der Waals surface area contributed by atoms with E-state index < -0.39 is 19.5 Å². The Morgan fingerprint density at radius 3 is 2.47 bits per heavy atom. The van der Waals surface area contributed by atoms with Crippen LogP contribution in [0.15, 0.2) is 46.9 Å².